The van der Waals surface area contributed by atoms with E-state index in [9.17, 15) is 9.59 Å². The van der Waals surface area contributed by atoms with Gasteiger partial charge in [0.2, 0.25) is 5.91 Å². The molecule has 0 aliphatic heterocycles. The smallest absolute Gasteiger partial charge is 0.277 e. The van der Waals surface area contributed by atoms with Crippen molar-refractivity contribution in [2.75, 3.05) is 46.6 Å². The fourth-order valence-corrected chi connectivity index (χ4v) is 1.73. The summed E-state index contributed by atoms with van der Waals surface area (Å²) in [5.41, 5.74) is 7.10. The third kappa shape index (κ3) is 4.19. The molecular weight excluding hydrogens is 274 g/mol. The molecule has 0 fully saturated rings. The van der Waals surface area contributed by atoms with Crippen molar-refractivity contribution in [3.05, 3.63) is 11.4 Å². The Bertz CT molecular complexity index is 498. The van der Waals surface area contributed by atoms with E-state index >= 15 is 0 Å². The van der Waals surface area contributed by atoms with Crippen LogP contribution in [0.4, 0.5) is 5.69 Å². The Kier molecular flexibility index (Phi) is 6.16. The lowest BCUT2D eigenvalue weighted by atomic mass is 10.2. The van der Waals surface area contributed by atoms with Crippen LogP contribution in [0.3, 0.4) is 0 Å². The van der Waals surface area contributed by atoms with Gasteiger partial charge in [0.05, 0.1) is 18.0 Å². The topological polar surface area (TPSA) is 105 Å². The van der Waals surface area contributed by atoms with Crippen LogP contribution in [0.2, 0.25) is 0 Å². The van der Waals surface area contributed by atoms with Crippen LogP contribution in [0.1, 0.15) is 23.1 Å². The van der Waals surface area contributed by atoms with E-state index in [1.807, 2.05) is 6.92 Å². The van der Waals surface area contributed by atoms with Crippen molar-refractivity contribution in [1.82, 2.24) is 20.0 Å². The fraction of sp³-hybridized carbons (Fsp3) is 0.615. The first-order valence-corrected chi connectivity index (χ1v) is 6.73. The van der Waals surface area contributed by atoms with Gasteiger partial charge in [-0.2, -0.15) is 5.10 Å². The number of hydrogen-bond donors (Lipinski definition) is 2. The predicted molar refractivity (Wildman–Crippen MR) is 78.9 cm³/mol. The number of nitrogens with two attached hydrogens (primary N) is 1. The molecule has 0 aromatic carbocycles. The van der Waals surface area contributed by atoms with Gasteiger partial charge in [0.25, 0.3) is 5.91 Å². The summed E-state index contributed by atoms with van der Waals surface area (Å²) >= 11 is 0. The minimum atomic E-state index is -0.379. The molecule has 8 nitrogen and oxygen atoms in total. The Morgan fingerprint density at radius 2 is 2.05 bits per heavy atom. The summed E-state index contributed by atoms with van der Waals surface area (Å²) in [5.74, 6) is -0.556. The molecule has 118 valence electrons. The molecule has 0 unspecified atom stereocenters. The summed E-state index contributed by atoms with van der Waals surface area (Å²) in [6, 6.07) is 0. The maximum absolute atomic E-state index is 12.5. The number of anilines is 1. The van der Waals surface area contributed by atoms with E-state index in [0.29, 0.717) is 31.0 Å². The molecule has 0 spiro atoms. The third-order valence-electron chi connectivity index (χ3n) is 3.12. The van der Waals surface area contributed by atoms with Gasteiger partial charge in [0, 0.05) is 27.7 Å². The van der Waals surface area contributed by atoms with Gasteiger partial charge in [0.15, 0.2) is 5.69 Å². The number of methoxy groups -OCH3 is 1. The Morgan fingerprint density at radius 3 is 2.52 bits per heavy atom. The highest BCUT2D eigenvalue weighted by Gasteiger charge is 2.24. The summed E-state index contributed by atoms with van der Waals surface area (Å²) in [6.07, 6.45) is 0.654. The maximum atomic E-state index is 12.5. The summed E-state index contributed by atoms with van der Waals surface area (Å²) in [6.45, 7) is 2.50. The molecule has 0 aliphatic carbocycles. The number of nitrogens with zero attached hydrogens (tertiary/aromatic N) is 3. The second-order valence-corrected chi connectivity index (χ2v) is 4.83. The zero-order chi connectivity index (χ0) is 16.0. The molecule has 2 amide bonds. The number of amides is 2. The number of aromatic nitrogens is 2. The van der Waals surface area contributed by atoms with Crippen LogP contribution in [0, 0.1) is 0 Å². The van der Waals surface area contributed by atoms with Crippen molar-refractivity contribution in [1.29, 1.82) is 0 Å². The molecule has 21 heavy (non-hydrogen) atoms. The number of aromatic amines is 1. The molecule has 0 atom stereocenters. The number of carbonyl (C=O) groups is 2. The molecule has 3 N–H and O–H groups in total. The number of rotatable bonds is 7. The summed E-state index contributed by atoms with van der Waals surface area (Å²) < 4.78 is 4.98. The van der Waals surface area contributed by atoms with E-state index in [-0.39, 0.29) is 24.1 Å². The molecular formula is C13H23N5O3. The molecule has 8 heteroatoms. The molecule has 0 radical (unpaired) electrons. The summed E-state index contributed by atoms with van der Waals surface area (Å²) in [5, 5.41) is 6.70. The molecule has 1 heterocycles. The molecule has 1 rings (SSSR count). The van der Waals surface area contributed by atoms with E-state index in [1.54, 1.807) is 14.1 Å². The van der Waals surface area contributed by atoms with Gasteiger partial charge in [-0.3, -0.25) is 14.7 Å². The number of hydrogen-bond acceptors (Lipinski definition) is 5. The molecule has 1 aromatic heterocycles. The first-order chi connectivity index (χ1) is 9.92. The van der Waals surface area contributed by atoms with Gasteiger partial charge >= 0.3 is 0 Å². The van der Waals surface area contributed by atoms with E-state index in [4.69, 9.17) is 10.5 Å². The van der Waals surface area contributed by atoms with Gasteiger partial charge in [0.1, 0.15) is 6.54 Å². The number of H-pyrrole nitrogens is 1. The monoisotopic (exact) mass is 297 g/mol. The number of likely N-dealkylation sites (N-methyl/N-ethyl adjacent to an activating group) is 1. The average Bonchev–Trinajstić information content (AvgIpc) is 2.83. The zero-order valence-electron chi connectivity index (χ0n) is 13.0. The lowest BCUT2D eigenvalue weighted by molar-refractivity contribution is -0.129. The Morgan fingerprint density at radius 1 is 1.38 bits per heavy atom. The van der Waals surface area contributed by atoms with Crippen molar-refractivity contribution in [2.24, 2.45) is 0 Å². The number of carbonyl (C=O) groups excluding carboxylic acids is 2. The van der Waals surface area contributed by atoms with Crippen molar-refractivity contribution in [3.8, 4) is 0 Å². The first-order valence-electron chi connectivity index (χ1n) is 6.73. The predicted octanol–water partition coefficient (Wildman–Crippen LogP) is -0.269. The standard InChI is InChI=1S/C13H23N5O3/c1-5-9-11(14)12(16-15-9)13(20)18(6-7-21-4)8-10(19)17(2)3/h5-8,14H2,1-4H3,(H,15,16). The highest BCUT2D eigenvalue weighted by molar-refractivity contribution is 5.99. The second kappa shape index (κ2) is 7.63. The molecule has 1 aromatic rings. The Labute approximate surface area is 124 Å². The quantitative estimate of drug-likeness (QED) is 0.721. The van der Waals surface area contributed by atoms with Gasteiger partial charge < -0.3 is 20.3 Å². The minimum absolute atomic E-state index is 0.0387. The van der Waals surface area contributed by atoms with E-state index in [1.165, 1.54) is 16.9 Å². The lowest BCUT2D eigenvalue weighted by Gasteiger charge is -2.23. The highest BCUT2D eigenvalue weighted by Crippen LogP contribution is 2.16. The number of ether oxygens (including phenoxy) is 1. The van der Waals surface area contributed by atoms with Gasteiger partial charge in [-0.25, -0.2) is 0 Å². The van der Waals surface area contributed by atoms with Crippen molar-refractivity contribution in [2.45, 2.75) is 13.3 Å². The van der Waals surface area contributed by atoms with Crippen molar-refractivity contribution in [3.63, 3.8) is 0 Å². The van der Waals surface area contributed by atoms with Crippen LogP contribution in [0.5, 0.6) is 0 Å². The van der Waals surface area contributed by atoms with Gasteiger partial charge in [-0.15, -0.1) is 0 Å². The number of nitrogens with one attached hydrogen (secondary N) is 1. The van der Waals surface area contributed by atoms with E-state index in [0.717, 1.165) is 0 Å². The third-order valence-corrected chi connectivity index (χ3v) is 3.12. The van der Waals surface area contributed by atoms with E-state index in [2.05, 4.69) is 10.2 Å². The fourth-order valence-electron chi connectivity index (χ4n) is 1.73. The average molecular weight is 297 g/mol. The SMILES string of the molecule is CCc1[nH]nc(C(=O)N(CCOC)CC(=O)N(C)C)c1N. The molecule has 0 aliphatic rings. The van der Waals surface area contributed by atoms with Crippen molar-refractivity contribution < 1.29 is 14.3 Å². The van der Waals surface area contributed by atoms with Gasteiger partial charge in [-0.1, -0.05) is 6.92 Å². The Hall–Kier alpha value is -2.09. The van der Waals surface area contributed by atoms with Gasteiger partial charge in [-0.05, 0) is 6.42 Å². The van der Waals surface area contributed by atoms with Crippen LogP contribution in [-0.2, 0) is 16.0 Å². The number of aryl methyl sites for hydroxylation is 1. The lowest BCUT2D eigenvalue weighted by Crippen LogP contribution is -2.42. The number of nitrogen functional groups attached to an aromatic ring is 1. The maximum Gasteiger partial charge on any atom is 0.277 e. The molecule has 0 saturated carbocycles. The van der Waals surface area contributed by atoms with Crippen LogP contribution < -0.4 is 5.73 Å². The normalized spacial score (nSPS) is 10.5. The second-order valence-electron chi connectivity index (χ2n) is 4.83. The molecule has 0 saturated heterocycles. The molecule has 0 bridgehead atoms. The Balaban J connectivity index is 2.93. The van der Waals surface area contributed by atoms with E-state index < -0.39 is 0 Å². The summed E-state index contributed by atoms with van der Waals surface area (Å²) in [7, 11) is 4.81. The van der Waals surface area contributed by atoms with Crippen LogP contribution >= 0.6 is 0 Å². The highest BCUT2D eigenvalue weighted by atomic mass is 16.5. The summed E-state index contributed by atoms with van der Waals surface area (Å²) in [4.78, 5) is 27.1. The van der Waals surface area contributed by atoms with Crippen molar-refractivity contribution >= 4 is 17.5 Å². The minimum Gasteiger partial charge on any atom is -0.395 e. The largest absolute Gasteiger partial charge is 0.395 e. The van der Waals surface area contributed by atoms with Crippen LogP contribution in [0.15, 0.2) is 0 Å². The first kappa shape index (κ1) is 17.0. The van der Waals surface area contributed by atoms with Crippen LogP contribution in [-0.4, -0.2) is 72.7 Å². The van der Waals surface area contributed by atoms with Crippen LogP contribution in [0.25, 0.3) is 0 Å². The zero-order valence-corrected chi connectivity index (χ0v) is 13.0.